The zero-order valence-electron chi connectivity index (χ0n) is 18.1. The van der Waals surface area contributed by atoms with Crippen molar-refractivity contribution in [2.24, 2.45) is 0 Å². The van der Waals surface area contributed by atoms with Crippen LogP contribution < -0.4 is 24.8 Å². The van der Waals surface area contributed by atoms with Gasteiger partial charge in [0.15, 0.2) is 0 Å². The van der Waals surface area contributed by atoms with Crippen molar-refractivity contribution in [1.29, 1.82) is 0 Å². The normalized spacial score (nSPS) is 17.1. The number of carbonyl (C=O) groups excluding carboxylic acids is 2. The number of carbonyl (C=O) groups is 2. The van der Waals surface area contributed by atoms with E-state index in [-0.39, 0.29) is 11.8 Å². The predicted molar refractivity (Wildman–Crippen MR) is 122 cm³/mol. The van der Waals surface area contributed by atoms with Crippen molar-refractivity contribution >= 4 is 28.9 Å². The molecule has 0 atom stereocenters. The van der Waals surface area contributed by atoms with Gasteiger partial charge >= 0.3 is 0 Å². The van der Waals surface area contributed by atoms with E-state index in [1.165, 1.54) is 4.90 Å². The van der Waals surface area contributed by atoms with Crippen LogP contribution in [0.1, 0.15) is 19.3 Å². The fourth-order valence-electron chi connectivity index (χ4n) is 4.36. The molecule has 2 heterocycles. The number of hydrogen-bond acceptors (Lipinski definition) is 4. The average molecular weight is 424 g/mol. The van der Waals surface area contributed by atoms with Crippen molar-refractivity contribution in [1.82, 2.24) is 0 Å². The number of piperazine rings is 1. The number of methoxy groups -OCH3 is 1. The topological polar surface area (TPSA) is 66.3 Å². The van der Waals surface area contributed by atoms with Crippen LogP contribution in [-0.2, 0) is 9.59 Å². The van der Waals surface area contributed by atoms with Crippen LogP contribution in [0.3, 0.4) is 0 Å². The first-order valence-corrected chi connectivity index (χ1v) is 11.1. The highest BCUT2D eigenvalue weighted by Gasteiger charge is 2.23. The first-order chi connectivity index (χ1) is 15.1. The molecule has 31 heavy (non-hydrogen) atoms. The fourth-order valence-corrected chi connectivity index (χ4v) is 4.36. The molecule has 2 aromatic carbocycles. The highest BCUT2D eigenvalue weighted by Crippen LogP contribution is 2.27. The van der Waals surface area contributed by atoms with Crippen LogP contribution in [0.2, 0.25) is 0 Å². The first-order valence-electron chi connectivity index (χ1n) is 11.1. The maximum atomic E-state index is 12.4. The van der Waals surface area contributed by atoms with Gasteiger partial charge in [0.2, 0.25) is 11.8 Å². The fraction of sp³-hybridized carbons (Fsp3) is 0.417. The molecule has 7 heteroatoms. The number of para-hydroxylation sites is 2. The number of rotatable bonds is 7. The van der Waals surface area contributed by atoms with E-state index in [1.807, 2.05) is 42.5 Å². The van der Waals surface area contributed by atoms with Crippen LogP contribution in [0, 0.1) is 0 Å². The maximum absolute atomic E-state index is 12.4. The maximum Gasteiger partial charge on any atom is 0.230 e. The van der Waals surface area contributed by atoms with Crippen LogP contribution in [0.15, 0.2) is 48.5 Å². The van der Waals surface area contributed by atoms with E-state index >= 15 is 0 Å². The quantitative estimate of drug-likeness (QED) is 0.709. The van der Waals surface area contributed by atoms with E-state index in [9.17, 15) is 9.59 Å². The summed E-state index contributed by atoms with van der Waals surface area (Å²) in [7, 11) is 1.71. The summed E-state index contributed by atoms with van der Waals surface area (Å²) >= 11 is 0. The lowest BCUT2D eigenvalue weighted by molar-refractivity contribution is -0.900. The summed E-state index contributed by atoms with van der Waals surface area (Å²) in [5, 5.41) is 2.98. The summed E-state index contributed by atoms with van der Waals surface area (Å²) in [6, 6.07) is 15.7. The Bertz CT molecular complexity index is 907. The molecule has 4 rings (SSSR count). The Kier molecular flexibility index (Phi) is 6.72. The molecule has 2 aliphatic rings. The minimum absolute atomic E-state index is 0.0321. The molecule has 0 saturated carbocycles. The molecule has 0 aromatic heterocycles. The number of benzene rings is 2. The smallest absolute Gasteiger partial charge is 0.230 e. The number of quaternary nitrogens is 1. The SMILES string of the molecule is COc1ccccc1N1CC[NH+](CCC(=O)Nc2ccc(N3CCCC3=O)cc2)CC1. The Labute approximate surface area is 183 Å². The minimum Gasteiger partial charge on any atom is -0.495 e. The van der Waals surface area contributed by atoms with Gasteiger partial charge < -0.3 is 24.8 Å². The van der Waals surface area contributed by atoms with Crippen LogP contribution in [-0.4, -0.2) is 58.2 Å². The molecule has 2 amide bonds. The number of amides is 2. The Hall–Kier alpha value is -3.06. The van der Waals surface area contributed by atoms with E-state index in [2.05, 4.69) is 16.3 Å². The Morgan fingerprint density at radius 2 is 1.81 bits per heavy atom. The molecule has 2 N–H and O–H groups in total. The second kappa shape index (κ2) is 9.83. The van der Waals surface area contributed by atoms with Crippen LogP contribution in [0.4, 0.5) is 17.1 Å². The van der Waals surface area contributed by atoms with Gasteiger partial charge in [0.25, 0.3) is 0 Å². The molecular formula is C24H31N4O3+. The Morgan fingerprint density at radius 3 is 2.48 bits per heavy atom. The number of nitrogens with one attached hydrogen (secondary N) is 2. The lowest BCUT2D eigenvalue weighted by Gasteiger charge is -2.34. The third-order valence-electron chi connectivity index (χ3n) is 6.14. The summed E-state index contributed by atoms with van der Waals surface area (Å²) in [4.78, 5) is 29.9. The lowest BCUT2D eigenvalue weighted by atomic mass is 10.2. The molecule has 7 nitrogen and oxygen atoms in total. The molecule has 0 bridgehead atoms. The molecule has 2 fully saturated rings. The Balaban J connectivity index is 1.21. The standard InChI is InChI=1S/C24H30N4O3/c1-31-22-6-3-2-5-21(22)27-17-15-26(16-18-27)14-12-23(29)25-19-8-10-20(11-9-19)28-13-4-7-24(28)30/h2-3,5-6,8-11H,4,7,12-18H2,1H3,(H,25,29)/p+1. The Morgan fingerprint density at radius 1 is 1.06 bits per heavy atom. The number of hydrogen-bond donors (Lipinski definition) is 2. The first kappa shape index (κ1) is 21.2. The van der Waals surface area contributed by atoms with Gasteiger partial charge in [0, 0.05) is 24.3 Å². The molecule has 2 aromatic rings. The zero-order valence-corrected chi connectivity index (χ0v) is 18.1. The predicted octanol–water partition coefficient (Wildman–Crippen LogP) is 1.56. The van der Waals surface area contributed by atoms with Crippen molar-refractivity contribution in [2.45, 2.75) is 19.3 Å². The third-order valence-corrected chi connectivity index (χ3v) is 6.14. The second-order valence-electron chi connectivity index (χ2n) is 8.15. The molecular weight excluding hydrogens is 392 g/mol. The van der Waals surface area contributed by atoms with E-state index in [1.54, 1.807) is 12.0 Å². The zero-order chi connectivity index (χ0) is 21.6. The molecule has 2 saturated heterocycles. The molecule has 2 aliphatic heterocycles. The van der Waals surface area contributed by atoms with Crippen molar-refractivity contribution in [3.63, 3.8) is 0 Å². The van der Waals surface area contributed by atoms with Crippen LogP contribution >= 0.6 is 0 Å². The molecule has 0 aliphatic carbocycles. The van der Waals surface area contributed by atoms with Gasteiger partial charge in [-0.25, -0.2) is 0 Å². The summed E-state index contributed by atoms with van der Waals surface area (Å²) in [5.41, 5.74) is 2.81. The summed E-state index contributed by atoms with van der Waals surface area (Å²) in [6.07, 6.45) is 2.02. The van der Waals surface area contributed by atoms with Gasteiger partial charge in [-0.2, -0.15) is 0 Å². The highest BCUT2D eigenvalue weighted by atomic mass is 16.5. The second-order valence-corrected chi connectivity index (χ2v) is 8.15. The van der Waals surface area contributed by atoms with Gasteiger partial charge in [-0.1, -0.05) is 12.1 Å². The van der Waals surface area contributed by atoms with Crippen LogP contribution in [0.5, 0.6) is 5.75 Å². The van der Waals surface area contributed by atoms with E-state index in [4.69, 9.17) is 4.74 Å². The van der Waals surface area contributed by atoms with Gasteiger partial charge in [-0.15, -0.1) is 0 Å². The molecule has 164 valence electrons. The van der Waals surface area contributed by atoms with E-state index in [0.717, 1.165) is 68.5 Å². The molecule has 0 unspecified atom stereocenters. The van der Waals surface area contributed by atoms with Crippen LogP contribution in [0.25, 0.3) is 0 Å². The lowest BCUT2D eigenvalue weighted by Crippen LogP contribution is -3.15. The molecule has 0 radical (unpaired) electrons. The van der Waals surface area contributed by atoms with Crippen molar-refractivity contribution in [3.8, 4) is 5.75 Å². The number of nitrogens with zero attached hydrogens (tertiary/aromatic N) is 2. The average Bonchev–Trinajstić information content (AvgIpc) is 3.24. The molecule has 0 spiro atoms. The third kappa shape index (κ3) is 5.17. The van der Waals surface area contributed by atoms with Gasteiger partial charge in [-0.3, -0.25) is 9.59 Å². The number of anilines is 3. The summed E-state index contributed by atoms with van der Waals surface area (Å²) in [6.45, 7) is 5.51. The van der Waals surface area contributed by atoms with Crippen molar-refractivity contribution < 1.29 is 19.2 Å². The highest BCUT2D eigenvalue weighted by molar-refractivity contribution is 5.96. The van der Waals surface area contributed by atoms with Crippen molar-refractivity contribution in [2.75, 3.05) is 61.5 Å². The minimum atomic E-state index is 0.0321. The van der Waals surface area contributed by atoms with E-state index < -0.39 is 0 Å². The van der Waals surface area contributed by atoms with Crippen molar-refractivity contribution in [3.05, 3.63) is 48.5 Å². The number of ether oxygens (including phenoxy) is 1. The van der Waals surface area contributed by atoms with Gasteiger partial charge in [-0.05, 0) is 42.8 Å². The van der Waals surface area contributed by atoms with Gasteiger partial charge in [0.05, 0.1) is 51.9 Å². The summed E-state index contributed by atoms with van der Waals surface area (Å²) < 4.78 is 5.48. The monoisotopic (exact) mass is 423 g/mol. The largest absolute Gasteiger partial charge is 0.495 e. The van der Waals surface area contributed by atoms with Gasteiger partial charge in [0.1, 0.15) is 5.75 Å². The summed E-state index contributed by atoms with van der Waals surface area (Å²) in [5.74, 6) is 1.11. The van der Waals surface area contributed by atoms with E-state index in [0.29, 0.717) is 12.8 Å².